The van der Waals surface area contributed by atoms with Crippen LogP contribution in [-0.4, -0.2) is 29.2 Å². The van der Waals surface area contributed by atoms with Crippen LogP contribution in [0.25, 0.3) is 17.2 Å². The molecule has 1 N–H and O–H groups in total. The third kappa shape index (κ3) is 4.48. The number of rotatable bonds is 6. The number of aromatic nitrogens is 2. The number of fused-ring (bicyclic) bond motifs is 3. The van der Waals surface area contributed by atoms with Crippen molar-refractivity contribution >= 4 is 35.4 Å². The largest absolute Gasteiger partial charge is 0.449 e. The van der Waals surface area contributed by atoms with Gasteiger partial charge in [0.2, 0.25) is 5.28 Å². The number of alkyl carbamates (subject to hydrolysis) is 1. The summed E-state index contributed by atoms with van der Waals surface area (Å²) >= 11 is 11.7. The molecule has 1 aliphatic rings. The highest BCUT2D eigenvalue weighted by Gasteiger charge is 2.28. The van der Waals surface area contributed by atoms with Crippen LogP contribution in [0.2, 0.25) is 10.4 Å². The number of hydrogen-bond donors (Lipinski definition) is 1. The number of ether oxygens (including phenoxy) is 1. The first-order valence-corrected chi connectivity index (χ1v) is 10.3. The van der Waals surface area contributed by atoms with Gasteiger partial charge in [0, 0.05) is 24.2 Å². The number of carbonyl (C=O) groups is 1. The maximum absolute atomic E-state index is 12.1. The highest BCUT2D eigenvalue weighted by atomic mass is 35.5. The minimum atomic E-state index is -0.432. The molecule has 5 nitrogen and oxygen atoms in total. The summed E-state index contributed by atoms with van der Waals surface area (Å²) in [5, 5.41) is 3.16. The molecule has 30 heavy (non-hydrogen) atoms. The summed E-state index contributed by atoms with van der Waals surface area (Å²) in [5.74, 6) is 0.0510. The molecule has 0 saturated carbocycles. The normalized spacial score (nSPS) is 12.6. The molecular weight excluding hydrogens is 421 g/mol. The van der Waals surface area contributed by atoms with Gasteiger partial charge in [-0.05, 0) is 40.3 Å². The van der Waals surface area contributed by atoms with Crippen LogP contribution in [0.4, 0.5) is 4.79 Å². The topological polar surface area (TPSA) is 64.1 Å². The monoisotopic (exact) mass is 439 g/mol. The first-order valence-electron chi connectivity index (χ1n) is 9.57. The second-order valence-corrected chi connectivity index (χ2v) is 7.52. The summed E-state index contributed by atoms with van der Waals surface area (Å²) in [7, 11) is 0. The third-order valence-corrected chi connectivity index (χ3v) is 5.45. The molecule has 0 saturated heterocycles. The van der Waals surface area contributed by atoms with Gasteiger partial charge in [-0.2, -0.15) is 0 Å². The van der Waals surface area contributed by atoms with Gasteiger partial charge in [0.25, 0.3) is 0 Å². The van der Waals surface area contributed by atoms with Crippen LogP contribution in [0.5, 0.6) is 0 Å². The van der Waals surface area contributed by atoms with E-state index < -0.39 is 6.09 Å². The quantitative estimate of drug-likeness (QED) is 0.302. The zero-order valence-electron chi connectivity index (χ0n) is 16.0. The Balaban J connectivity index is 1.28. The van der Waals surface area contributed by atoms with Crippen molar-refractivity contribution in [2.45, 2.75) is 12.3 Å². The number of amides is 1. The lowest BCUT2D eigenvalue weighted by atomic mass is 9.98. The lowest BCUT2D eigenvalue weighted by Crippen LogP contribution is -2.26. The summed E-state index contributed by atoms with van der Waals surface area (Å²) in [5.41, 5.74) is 5.46. The second kappa shape index (κ2) is 9.28. The molecule has 152 valence electrons. The molecule has 0 bridgehead atoms. The van der Waals surface area contributed by atoms with Gasteiger partial charge in [-0.25, -0.2) is 14.8 Å². The van der Waals surface area contributed by atoms with Gasteiger partial charge in [-0.15, -0.1) is 0 Å². The van der Waals surface area contributed by atoms with E-state index in [0.717, 1.165) is 0 Å². The van der Waals surface area contributed by atoms with Crippen molar-refractivity contribution in [1.29, 1.82) is 0 Å². The highest BCUT2D eigenvalue weighted by molar-refractivity contribution is 6.32. The summed E-state index contributed by atoms with van der Waals surface area (Å²) < 4.78 is 5.51. The van der Waals surface area contributed by atoms with Crippen LogP contribution in [0.3, 0.4) is 0 Å². The minimum Gasteiger partial charge on any atom is -0.449 e. The van der Waals surface area contributed by atoms with E-state index in [1.807, 2.05) is 30.3 Å². The first-order chi connectivity index (χ1) is 14.6. The molecule has 1 amide bonds. The maximum Gasteiger partial charge on any atom is 0.407 e. The zero-order valence-corrected chi connectivity index (χ0v) is 17.5. The number of nitrogens with one attached hydrogen (secondary N) is 1. The number of nitrogens with zero attached hydrogens (tertiary/aromatic N) is 2. The Morgan fingerprint density at radius 3 is 2.40 bits per heavy atom. The smallest absolute Gasteiger partial charge is 0.407 e. The van der Waals surface area contributed by atoms with Crippen LogP contribution in [0.1, 0.15) is 29.0 Å². The predicted octanol–water partition coefficient (Wildman–Crippen LogP) is 5.73. The van der Waals surface area contributed by atoms with Crippen molar-refractivity contribution in [2.24, 2.45) is 0 Å². The van der Waals surface area contributed by atoms with Crippen LogP contribution in [-0.2, 0) is 4.74 Å². The van der Waals surface area contributed by atoms with E-state index in [1.54, 1.807) is 12.3 Å². The molecule has 1 aromatic heterocycles. The van der Waals surface area contributed by atoms with E-state index in [0.29, 0.717) is 25.1 Å². The maximum atomic E-state index is 12.1. The summed E-state index contributed by atoms with van der Waals surface area (Å²) in [6, 6.07) is 16.5. The average Bonchev–Trinajstić information content (AvgIpc) is 3.07. The highest BCUT2D eigenvalue weighted by Crippen LogP contribution is 2.44. The molecule has 1 aliphatic carbocycles. The Kier molecular flexibility index (Phi) is 6.31. The number of hydrogen-bond acceptors (Lipinski definition) is 4. The fourth-order valence-corrected chi connectivity index (χ4v) is 3.95. The molecule has 3 aromatic rings. The van der Waals surface area contributed by atoms with E-state index in [-0.39, 0.29) is 16.4 Å². The van der Waals surface area contributed by atoms with Crippen molar-refractivity contribution in [3.05, 3.63) is 87.9 Å². The first kappa shape index (κ1) is 20.4. The molecular formula is C23H19Cl2N3O2. The van der Waals surface area contributed by atoms with E-state index in [9.17, 15) is 4.79 Å². The molecule has 0 fully saturated rings. The Labute approximate surface area is 184 Å². The van der Waals surface area contributed by atoms with Crippen molar-refractivity contribution in [3.63, 3.8) is 0 Å². The van der Waals surface area contributed by atoms with E-state index >= 15 is 0 Å². The van der Waals surface area contributed by atoms with Crippen molar-refractivity contribution < 1.29 is 9.53 Å². The van der Waals surface area contributed by atoms with Gasteiger partial charge in [0.1, 0.15) is 11.8 Å². The van der Waals surface area contributed by atoms with Gasteiger partial charge >= 0.3 is 6.09 Å². The van der Waals surface area contributed by atoms with Crippen LogP contribution in [0, 0.1) is 0 Å². The third-order valence-electron chi connectivity index (χ3n) is 4.96. The fourth-order valence-electron chi connectivity index (χ4n) is 3.58. The van der Waals surface area contributed by atoms with Crippen LogP contribution >= 0.6 is 23.2 Å². The lowest BCUT2D eigenvalue weighted by Gasteiger charge is -2.14. The van der Waals surface area contributed by atoms with Gasteiger partial charge in [0.05, 0.1) is 0 Å². The SMILES string of the molecule is O=C(NCCC=Cc1cnc(Cl)nc1Cl)OCC1c2ccccc2-c2ccccc21. The Morgan fingerprint density at radius 1 is 1.07 bits per heavy atom. The predicted molar refractivity (Wildman–Crippen MR) is 119 cm³/mol. The number of carbonyl (C=O) groups excluding carboxylic acids is 1. The Bertz CT molecular complexity index is 1060. The van der Waals surface area contributed by atoms with Gasteiger partial charge in [-0.1, -0.05) is 72.3 Å². The molecule has 0 radical (unpaired) electrons. The standard InChI is InChI=1S/C23H19Cl2N3O2/c24-21-15(13-27-22(25)28-21)7-5-6-12-26-23(29)30-14-20-18-10-3-1-8-16(18)17-9-2-4-11-19(17)20/h1-5,7-11,13,20H,6,12,14H2,(H,26,29). The second-order valence-electron chi connectivity index (χ2n) is 6.83. The molecule has 0 unspecified atom stereocenters. The van der Waals surface area contributed by atoms with Crippen molar-refractivity contribution in [1.82, 2.24) is 15.3 Å². The van der Waals surface area contributed by atoms with E-state index in [2.05, 4.69) is 39.6 Å². The minimum absolute atomic E-state index is 0.0510. The zero-order chi connectivity index (χ0) is 20.9. The van der Waals surface area contributed by atoms with E-state index in [4.69, 9.17) is 27.9 Å². The van der Waals surface area contributed by atoms with E-state index in [1.165, 1.54) is 22.3 Å². The Hall–Kier alpha value is -2.89. The average molecular weight is 440 g/mol. The molecule has 1 heterocycles. The lowest BCUT2D eigenvalue weighted by molar-refractivity contribution is 0.143. The summed E-state index contributed by atoms with van der Waals surface area (Å²) in [4.78, 5) is 19.9. The number of benzene rings is 2. The van der Waals surface area contributed by atoms with Crippen LogP contribution < -0.4 is 5.32 Å². The molecule has 7 heteroatoms. The fraction of sp³-hybridized carbons (Fsp3) is 0.174. The van der Waals surface area contributed by atoms with Crippen LogP contribution in [0.15, 0.2) is 60.8 Å². The summed E-state index contributed by atoms with van der Waals surface area (Å²) in [6.07, 6.45) is 5.40. The van der Waals surface area contributed by atoms with Gasteiger partial charge in [-0.3, -0.25) is 0 Å². The van der Waals surface area contributed by atoms with Gasteiger partial charge < -0.3 is 10.1 Å². The van der Waals surface area contributed by atoms with Crippen molar-refractivity contribution in [2.75, 3.05) is 13.2 Å². The summed E-state index contributed by atoms with van der Waals surface area (Å²) in [6.45, 7) is 0.743. The van der Waals surface area contributed by atoms with Gasteiger partial charge in [0.15, 0.2) is 0 Å². The molecule has 2 aromatic carbocycles. The number of halogens is 2. The molecule has 4 rings (SSSR count). The molecule has 0 atom stereocenters. The molecule has 0 spiro atoms. The molecule has 0 aliphatic heterocycles. The Morgan fingerprint density at radius 2 is 1.73 bits per heavy atom. The van der Waals surface area contributed by atoms with Crippen molar-refractivity contribution in [3.8, 4) is 11.1 Å².